The lowest BCUT2D eigenvalue weighted by molar-refractivity contribution is -0.233. The molecule has 0 bridgehead atoms. The summed E-state index contributed by atoms with van der Waals surface area (Å²) >= 11 is 1.86. The van der Waals surface area contributed by atoms with Crippen molar-refractivity contribution in [3.63, 3.8) is 0 Å². The predicted molar refractivity (Wildman–Crippen MR) is 132 cm³/mol. The van der Waals surface area contributed by atoms with Gasteiger partial charge in [-0.05, 0) is 35.9 Å². The Morgan fingerprint density at radius 3 is 2.55 bits per heavy atom. The van der Waals surface area contributed by atoms with Gasteiger partial charge in [0.15, 0.2) is 11.7 Å². The van der Waals surface area contributed by atoms with Crippen molar-refractivity contribution in [3.8, 4) is 10.0 Å². The van der Waals surface area contributed by atoms with Crippen molar-refractivity contribution in [3.05, 3.63) is 64.1 Å². The number of nitrogens with zero attached hydrogens (tertiary/aromatic N) is 3. The maximum Gasteiger partial charge on any atom is 0.362 e. The third kappa shape index (κ3) is 6.23. The van der Waals surface area contributed by atoms with Crippen molar-refractivity contribution < 1.29 is 14.2 Å². The molecule has 1 heterocycles. The van der Waals surface area contributed by atoms with Gasteiger partial charge in [-0.2, -0.15) is 4.89 Å². The van der Waals surface area contributed by atoms with Crippen LogP contribution in [0.1, 0.15) is 11.3 Å². The number of halogens is 1. The monoisotopic (exact) mass is 531 g/mol. The third-order valence-electron chi connectivity index (χ3n) is 4.53. The molecule has 8 heteroatoms. The SMILES string of the molecule is CN(C)c1ccc(/C=C/c2nc3ccc(N(C)CCOOC#CI)cc3oc2=O)cc1. The number of aromatic nitrogens is 1. The lowest BCUT2D eigenvalue weighted by Gasteiger charge is -2.18. The van der Waals surface area contributed by atoms with Crippen LogP contribution in [0.3, 0.4) is 0 Å². The predicted octanol–water partition coefficient (Wildman–Crippen LogP) is 4.16. The van der Waals surface area contributed by atoms with Gasteiger partial charge in [0, 0.05) is 71.6 Å². The third-order valence-corrected chi connectivity index (χ3v) is 4.75. The van der Waals surface area contributed by atoms with Crippen LogP contribution in [0.25, 0.3) is 23.3 Å². The number of likely N-dealkylation sites (N-methyl/N-ethyl adjacent to an activating group) is 1. The van der Waals surface area contributed by atoms with E-state index in [4.69, 9.17) is 9.30 Å². The van der Waals surface area contributed by atoms with E-state index in [0.29, 0.717) is 24.3 Å². The zero-order valence-corrected chi connectivity index (χ0v) is 19.6. The smallest absolute Gasteiger partial charge is 0.362 e. The van der Waals surface area contributed by atoms with E-state index in [1.54, 1.807) is 12.1 Å². The van der Waals surface area contributed by atoms with Crippen LogP contribution >= 0.6 is 22.6 Å². The van der Waals surface area contributed by atoms with Gasteiger partial charge in [-0.25, -0.2) is 9.78 Å². The fraction of sp³-hybridized carbons (Fsp3) is 0.217. The molecule has 0 fully saturated rings. The second-order valence-corrected chi connectivity index (χ2v) is 7.42. The zero-order chi connectivity index (χ0) is 22.2. The van der Waals surface area contributed by atoms with E-state index in [1.165, 1.54) is 0 Å². The Morgan fingerprint density at radius 2 is 1.84 bits per heavy atom. The molecule has 0 radical (unpaired) electrons. The highest BCUT2D eigenvalue weighted by Crippen LogP contribution is 2.20. The van der Waals surface area contributed by atoms with Gasteiger partial charge >= 0.3 is 5.63 Å². The molecular weight excluding hydrogens is 509 g/mol. The Morgan fingerprint density at radius 1 is 1.10 bits per heavy atom. The van der Waals surface area contributed by atoms with Crippen LogP contribution < -0.4 is 15.4 Å². The Bertz CT molecular complexity index is 1180. The molecule has 0 aliphatic rings. The minimum Gasteiger partial charge on any atom is -0.419 e. The summed E-state index contributed by atoms with van der Waals surface area (Å²) in [5.74, 6) is 0. The second-order valence-electron chi connectivity index (χ2n) is 6.88. The Kier molecular flexibility index (Phi) is 7.92. The maximum absolute atomic E-state index is 12.4. The van der Waals surface area contributed by atoms with Crippen molar-refractivity contribution in [1.29, 1.82) is 0 Å². The van der Waals surface area contributed by atoms with Gasteiger partial charge in [-0.3, -0.25) is 4.89 Å². The van der Waals surface area contributed by atoms with Crippen molar-refractivity contribution in [2.24, 2.45) is 0 Å². The summed E-state index contributed by atoms with van der Waals surface area (Å²) in [6.45, 7) is 0.904. The summed E-state index contributed by atoms with van der Waals surface area (Å²) in [6, 6.07) is 13.5. The quantitative estimate of drug-likeness (QED) is 0.142. The van der Waals surface area contributed by atoms with Gasteiger partial charge in [0.2, 0.25) is 0 Å². The number of hydrogen-bond acceptors (Lipinski definition) is 7. The second kappa shape index (κ2) is 10.8. The van der Waals surface area contributed by atoms with Crippen molar-refractivity contribution in [1.82, 2.24) is 4.98 Å². The van der Waals surface area contributed by atoms with Crippen molar-refractivity contribution in [2.45, 2.75) is 0 Å². The van der Waals surface area contributed by atoms with Crippen LogP contribution in [-0.4, -0.2) is 39.3 Å². The molecule has 160 valence electrons. The molecule has 3 rings (SSSR count). The number of hydrogen-bond donors (Lipinski definition) is 0. The molecule has 0 spiro atoms. The highest BCUT2D eigenvalue weighted by molar-refractivity contribution is 14.1. The van der Waals surface area contributed by atoms with E-state index >= 15 is 0 Å². The Labute approximate surface area is 194 Å². The van der Waals surface area contributed by atoms with Crippen LogP contribution in [-0.2, 0) is 9.78 Å². The zero-order valence-electron chi connectivity index (χ0n) is 17.5. The average Bonchev–Trinajstić information content (AvgIpc) is 2.77. The molecule has 7 nitrogen and oxygen atoms in total. The largest absolute Gasteiger partial charge is 0.419 e. The van der Waals surface area contributed by atoms with Gasteiger partial charge < -0.3 is 14.2 Å². The van der Waals surface area contributed by atoms with Crippen LogP contribution in [0.2, 0.25) is 0 Å². The highest BCUT2D eigenvalue weighted by atomic mass is 127. The molecule has 3 aromatic rings. The number of fused-ring (bicyclic) bond motifs is 1. The lowest BCUT2D eigenvalue weighted by atomic mass is 10.2. The van der Waals surface area contributed by atoms with Crippen LogP contribution in [0.5, 0.6) is 0 Å². The van der Waals surface area contributed by atoms with Crippen LogP contribution in [0.15, 0.2) is 51.7 Å². The topological polar surface area (TPSA) is 68.0 Å². The Balaban J connectivity index is 1.73. The molecule has 1 aromatic heterocycles. The molecule has 0 aliphatic heterocycles. The molecule has 0 amide bonds. The maximum atomic E-state index is 12.4. The minimum absolute atomic E-state index is 0.257. The van der Waals surface area contributed by atoms with Crippen molar-refractivity contribution in [2.75, 3.05) is 44.1 Å². The fourth-order valence-corrected chi connectivity index (χ4v) is 2.89. The van der Waals surface area contributed by atoms with Crippen molar-refractivity contribution >= 4 is 57.2 Å². The average molecular weight is 531 g/mol. The van der Waals surface area contributed by atoms with Gasteiger partial charge in [0.1, 0.15) is 17.8 Å². The lowest BCUT2D eigenvalue weighted by Crippen LogP contribution is -2.22. The minimum atomic E-state index is -0.484. The number of benzene rings is 2. The summed E-state index contributed by atoms with van der Waals surface area (Å²) < 4.78 is 8.05. The van der Waals surface area contributed by atoms with E-state index in [1.807, 2.05) is 96.0 Å². The first-order valence-corrected chi connectivity index (χ1v) is 10.6. The van der Waals surface area contributed by atoms with E-state index in [-0.39, 0.29) is 5.69 Å². The molecule has 0 saturated carbocycles. The first kappa shape index (κ1) is 22.7. The Hall–Kier alpha value is -3.03. The molecule has 0 saturated heterocycles. The molecule has 0 atom stereocenters. The van der Waals surface area contributed by atoms with Crippen LogP contribution in [0.4, 0.5) is 11.4 Å². The molecule has 0 unspecified atom stereocenters. The van der Waals surface area contributed by atoms with Gasteiger partial charge in [0.25, 0.3) is 0 Å². The first-order valence-electron chi connectivity index (χ1n) is 9.48. The molecule has 0 aliphatic carbocycles. The van der Waals surface area contributed by atoms with Gasteiger partial charge in [-0.15, -0.1) is 0 Å². The normalized spacial score (nSPS) is 10.7. The highest BCUT2D eigenvalue weighted by Gasteiger charge is 2.08. The van der Waals surface area contributed by atoms with Gasteiger partial charge in [-0.1, -0.05) is 18.2 Å². The first-order chi connectivity index (χ1) is 15.0. The summed E-state index contributed by atoms with van der Waals surface area (Å²) in [4.78, 5) is 30.5. The standard InChI is InChI=1S/C23H22IN3O4/c1-26(2)18-7-4-17(5-8-18)6-10-21-23(28)31-22-16-19(9-11-20(22)25-21)27(3)13-15-30-29-14-12-24/h4-11,16H,13,15H2,1-3H3/b10-6+. The summed E-state index contributed by atoms with van der Waals surface area (Å²) in [6.07, 6.45) is 5.87. The van der Waals surface area contributed by atoms with E-state index in [2.05, 4.69) is 19.9 Å². The summed E-state index contributed by atoms with van der Waals surface area (Å²) in [7, 11) is 5.88. The van der Waals surface area contributed by atoms with E-state index in [0.717, 1.165) is 16.9 Å². The molecule has 0 N–H and O–H groups in total. The number of rotatable bonds is 8. The molecular formula is C23H22IN3O4. The molecule has 2 aromatic carbocycles. The summed E-state index contributed by atoms with van der Waals surface area (Å²) in [5.41, 5.74) is 3.75. The van der Waals surface area contributed by atoms with E-state index < -0.39 is 5.63 Å². The number of anilines is 2. The van der Waals surface area contributed by atoms with Crippen LogP contribution in [0, 0.1) is 10.0 Å². The van der Waals surface area contributed by atoms with Gasteiger partial charge in [0.05, 0.1) is 0 Å². The summed E-state index contributed by atoms with van der Waals surface area (Å²) in [5, 5.41) is 0. The van der Waals surface area contributed by atoms with E-state index in [9.17, 15) is 4.79 Å². The molecule has 31 heavy (non-hydrogen) atoms. The fourth-order valence-electron chi connectivity index (χ4n) is 2.80.